The maximum atomic E-state index is 13.0. The van der Waals surface area contributed by atoms with E-state index in [0.29, 0.717) is 35.5 Å². The van der Waals surface area contributed by atoms with Gasteiger partial charge in [-0.05, 0) is 56.8 Å². The van der Waals surface area contributed by atoms with Crippen molar-refractivity contribution < 1.29 is 10.2 Å². The predicted molar refractivity (Wildman–Crippen MR) is 103 cm³/mol. The molecular formula is C20H28N4O4. The predicted octanol–water partition coefficient (Wildman–Crippen LogP) is 0.726. The van der Waals surface area contributed by atoms with Crippen molar-refractivity contribution in [2.45, 2.75) is 76.7 Å². The highest BCUT2D eigenvalue weighted by molar-refractivity contribution is 5.70. The number of hydrogen-bond acceptors (Lipinski definition) is 5. The molecule has 2 aromatic rings. The van der Waals surface area contributed by atoms with Crippen molar-refractivity contribution in [1.29, 1.82) is 0 Å². The Kier molecular flexibility index (Phi) is 3.90. The van der Waals surface area contributed by atoms with Crippen molar-refractivity contribution in [3.8, 4) is 0 Å². The third kappa shape index (κ3) is 2.27. The Morgan fingerprint density at radius 2 is 1.93 bits per heavy atom. The molecule has 0 aromatic carbocycles. The molecule has 3 unspecified atom stereocenters. The molecule has 8 heteroatoms. The Morgan fingerprint density at radius 3 is 2.54 bits per heavy atom. The monoisotopic (exact) mass is 388 g/mol. The number of nitrogens with one attached hydrogen (secondary N) is 1. The molecule has 4 aliphatic carbocycles. The zero-order valence-corrected chi connectivity index (χ0v) is 16.4. The van der Waals surface area contributed by atoms with Crippen LogP contribution in [0.4, 0.5) is 0 Å². The van der Waals surface area contributed by atoms with Crippen molar-refractivity contribution in [2.75, 3.05) is 0 Å². The van der Waals surface area contributed by atoms with Crippen LogP contribution in [-0.4, -0.2) is 41.5 Å². The lowest BCUT2D eigenvalue weighted by atomic mass is 9.73. The van der Waals surface area contributed by atoms with Crippen molar-refractivity contribution >= 4 is 11.2 Å². The van der Waals surface area contributed by atoms with Crippen LogP contribution in [-0.2, 0) is 18.5 Å². The maximum Gasteiger partial charge on any atom is 0.332 e. The highest BCUT2D eigenvalue weighted by atomic mass is 16.3. The van der Waals surface area contributed by atoms with Crippen molar-refractivity contribution in [1.82, 2.24) is 19.1 Å². The van der Waals surface area contributed by atoms with Crippen LogP contribution in [0.3, 0.4) is 0 Å². The SMILES string of the molecule is CCCn1c(=O)n(CC(C)O)c(=O)c2[nH]c(C34CC5CC3CC(C4)C5O)nc21. The van der Waals surface area contributed by atoms with Gasteiger partial charge in [-0.2, -0.15) is 0 Å². The van der Waals surface area contributed by atoms with Crippen LogP contribution < -0.4 is 11.2 Å². The molecule has 4 saturated carbocycles. The summed E-state index contributed by atoms with van der Waals surface area (Å²) >= 11 is 0. The number of aliphatic hydroxyl groups excluding tert-OH is 2. The number of fused-ring (bicyclic) bond motifs is 1. The summed E-state index contributed by atoms with van der Waals surface area (Å²) in [5.74, 6) is 1.92. The molecule has 0 saturated heterocycles. The number of rotatable bonds is 5. The number of hydrogen-bond donors (Lipinski definition) is 3. The van der Waals surface area contributed by atoms with Crippen LogP contribution in [0.15, 0.2) is 9.59 Å². The summed E-state index contributed by atoms with van der Waals surface area (Å²) in [5.41, 5.74) is -0.160. The minimum atomic E-state index is -0.790. The highest BCUT2D eigenvalue weighted by Crippen LogP contribution is 2.65. The summed E-state index contributed by atoms with van der Waals surface area (Å²) < 4.78 is 2.68. The van der Waals surface area contributed by atoms with E-state index < -0.39 is 17.4 Å². The van der Waals surface area contributed by atoms with E-state index in [1.165, 1.54) is 0 Å². The first-order valence-electron chi connectivity index (χ1n) is 10.5. The summed E-state index contributed by atoms with van der Waals surface area (Å²) in [6, 6.07) is 0. The summed E-state index contributed by atoms with van der Waals surface area (Å²) in [4.78, 5) is 34.0. The van der Waals surface area contributed by atoms with Gasteiger partial charge in [-0.25, -0.2) is 9.78 Å². The van der Waals surface area contributed by atoms with Crippen LogP contribution in [0.2, 0.25) is 0 Å². The highest BCUT2D eigenvalue weighted by Gasteiger charge is 2.63. The number of imidazole rings is 1. The molecule has 0 radical (unpaired) electrons. The van der Waals surface area contributed by atoms with Gasteiger partial charge in [0, 0.05) is 12.0 Å². The van der Waals surface area contributed by atoms with Crippen LogP contribution in [0.5, 0.6) is 0 Å². The third-order valence-corrected chi connectivity index (χ3v) is 7.40. The van der Waals surface area contributed by atoms with E-state index in [2.05, 4.69) is 4.98 Å². The fourth-order valence-electron chi connectivity index (χ4n) is 6.34. The largest absolute Gasteiger partial charge is 0.393 e. The van der Waals surface area contributed by atoms with Crippen LogP contribution in [0.25, 0.3) is 11.2 Å². The van der Waals surface area contributed by atoms with Gasteiger partial charge < -0.3 is 15.2 Å². The van der Waals surface area contributed by atoms with Gasteiger partial charge in [0.05, 0.1) is 18.8 Å². The van der Waals surface area contributed by atoms with Gasteiger partial charge in [0.1, 0.15) is 11.3 Å². The molecule has 4 aliphatic rings. The first kappa shape index (κ1) is 18.1. The van der Waals surface area contributed by atoms with E-state index in [4.69, 9.17) is 4.98 Å². The Labute approximate surface area is 162 Å². The fraction of sp³-hybridized carbons (Fsp3) is 0.750. The van der Waals surface area contributed by atoms with Crippen molar-refractivity contribution in [2.24, 2.45) is 17.8 Å². The molecule has 152 valence electrons. The normalized spacial score (nSPS) is 34.6. The lowest BCUT2D eigenvalue weighted by Gasteiger charge is -2.34. The molecular weight excluding hydrogens is 360 g/mol. The van der Waals surface area contributed by atoms with Crippen LogP contribution >= 0.6 is 0 Å². The van der Waals surface area contributed by atoms with Gasteiger partial charge in [0.15, 0.2) is 5.65 Å². The van der Waals surface area contributed by atoms with E-state index in [9.17, 15) is 19.8 Å². The van der Waals surface area contributed by atoms with Gasteiger partial charge in [0.2, 0.25) is 0 Å². The van der Waals surface area contributed by atoms with E-state index in [1.54, 1.807) is 11.5 Å². The van der Waals surface area contributed by atoms with Crippen LogP contribution in [0, 0.1) is 17.8 Å². The molecule has 3 N–H and O–H groups in total. The molecule has 0 aliphatic heterocycles. The zero-order chi connectivity index (χ0) is 19.8. The number of H-pyrrole nitrogens is 1. The van der Waals surface area contributed by atoms with Gasteiger partial charge >= 0.3 is 5.69 Å². The number of nitrogens with zero attached hydrogens (tertiary/aromatic N) is 3. The Bertz CT molecular complexity index is 1030. The molecule has 0 spiro atoms. The first-order chi connectivity index (χ1) is 13.4. The minimum absolute atomic E-state index is 0.0320. The zero-order valence-electron chi connectivity index (χ0n) is 16.4. The number of aromatic nitrogens is 4. The number of aliphatic hydroxyl groups is 2. The summed E-state index contributed by atoms with van der Waals surface area (Å²) in [6.45, 7) is 3.99. The molecule has 4 fully saturated rings. The quantitative estimate of drug-likeness (QED) is 0.699. The topological polar surface area (TPSA) is 113 Å². The minimum Gasteiger partial charge on any atom is -0.393 e. The Hall–Kier alpha value is -1.93. The molecule has 2 aromatic heterocycles. The third-order valence-electron chi connectivity index (χ3n) is 7.40. The number of aryl methyl sites for hydroxylation is 1. The van der Waals surface area contributed by atoms with Gasteiger partial charge in [-0.3, -0.25) is 13.9 Å². The first-order valence-corrected chi connectivity index (χ1v) is 10.5. The van der Waals surface area contributed by atoms with E-state index in [1.807, 2.05) is 6.92 Å². The summed E-state index contributed by atoms with van der Waals surface area (Å²) in [6.07, 6.45) is 3.57. The maximum absolute atomic E-state index is 13.0. The smallest absolute Gasteiger partial charge is 0.332 e. The average molecular weight is 388 g/mol. The molecule has 0 amide bonds. The van der Waals surface area contributed by atoms with Crippen molar-refractivity contribution in [3.05, 3.63) is 26.7 Å². The lowest BCUT2D eigenvalue weighted by Crippen LogP contribution is -2.42. The lowest BCUT2D eigenvalue weighted by molar-refractivity contribution is 0.0167. The van der Waals surface area contributed by atoms with E-state index in [-0.39, 0.29) is 18.1 Å². The number of aromatic amines is 1. The average Bonchev–Trinajstić information content (AvgIpc) is 3.28. The molecule has 4 bridgehead atoms. The second-order valence-corrected chi connectivity index (χ2v) is 9.23. The Balaban J connectivity index is 1.70. The molecule has 28 heavy (non-hydrogen) atoms. The van der Waals surface area contributed by atoms with Gasteiger partial charge in [-0.1, -0.05) is 6.92 Å². The second-order valence-electron chi connectivity index (χ2n) is 9.23. The standard InChI is InChI=1S/C20H28N4O4/c1-3-4-23-16-14(17(27)24(19(23)28)9-10(2)25)21-18(22-16)20-7-11-5-13(20)6-12(8-20)15(11)26/h10-13,15,25-26H,3-9H2,1-2H3,(H,21,22). The molecule has 3 atom stereocenters. The fourth-order valence-corrected chi connectivity index (χ4v) is 6.34. The molecule has 6 rings (SSSR count). The van der Waals surface area contributed by atoms with Gasteiger partial charge in [-0.15, -0.1) is 0 Å². The summed E-state index contributed by atoms with van der Waals surface area (Å²) in [7, 11) is 0. The second kappa shape index (κ2) is 6.03. The molecule has 8 nitrogen and oxygen atoms in total. The molecule has 2 heterocycles. The van der Waals surface area contributed by atoms with Gasteiger partial charge in [0.25, 0.3) is 5.56 Å². The van der Waals surface area contributed by atoms with E-state index >= 15 is 0 Å². The van der Waals surface area contributed by atoms with Crippen LogP contribution in [0.1, 0.15) is 51.8 Å². The van der Waals surface area contributed by atoms with E-state index in [0.717, 1.165) is 42.5 Å². The Morgan fingerprint density at radius 1 is 1.25 bits per heavy atom. The van der Waals surface area contributed by atoms with Crippen molar-refractivity contribution in [3.63, 3.8) is 0 Å². The summed E-state index contributed by atoms with van der Waals surface area (Å²) in [5, 5.41) is 20.2.